The molecule has 0 amide bonds. The van der Waals surface area contributed by atoms with Crippen LogP contribution in [-0.4, -0.2) is 15.3 Å². The van der Waals surface area contributed by atoms with Crippen LogP contribution in [0.3, 0.4) is 0 Å². The Kier molecular flexibility index (Phi) is 1.76. The third-order valence-electron chi connectivity index (χ3n) is 2.01. The number of pyridine rings is 1. The van der Waals surface area contributed by atoms with E-state index < -0.39 is 0 Å². The third kappa shape index (κ3) is 1.28. The molecule has 0 radical (unpaired) electrons. The van der Waals surface area contributed by atoms with Crippen LogP contribution < -0.4 is 0 Å². The molecule has 0 aromatic carbocycles. The van der Waals surface area contributed by atoms with Crippen molar-refractivity contribution in [3.63, 3.8) is 0 Å². The van der Waals surface area contributed by atoms with Crippen molar-refractivity contribution in [2.24, 2.45) is 0 Å². The van der Waals surface area contributed by atoms with E-state index in [2.05, 4.69) is 33.8 Å². The standard InChI is InChI=1S/C9H11N3O/c1-5(2)7-4-6(3)10-9-8(7)11-13-12-9/h4-5H,1-3H3. The van der Waals surface area contributed by atoms with Gasteiger partial charge in [-0.2, -0.15) is 0 Å². The van der Waals surface area contributed by atoms with Gasteiger partial charge < -0.3 is 0 Å². The van der Waals surface area contributed by atoms with E-state index in [1.165, 1.54) is 0 Å². The molecule has 4 nitrogen and oxygen atoms in total. The Hall–Kier alpha value is -1.45. The molecule has 68 valence electrons. The first kappa shape index (κ1) is 8.16. The minimum atomic E-state index is 0.413. The molecular formula is C9H11N3O. The van der Waals surface area contributed by atoms with Crippen molar-refractivity contribution in [2.75, 3.05) is 0 Å². The van der Waals surface area contributed by atoms with E-state index in [4.69, 9.17) is 0 Å². The molecule has 0 spiro atoms. The van der Waals surface area contributed by atoms with Crippen molar-refractivity contribution >= 4 is 11.2 Å². The van der Waals surface area contributed by atoms with Gasteiger partial charge in [0.1, 0.15) is 0 Å². The minimum absolute atomic E-state index is 0.413. The lowest BCUT2D eigenvalue weighted by Gasteiger charge is -2.04. The zero-order valence-electron chi connectivity index (χ0n) is 7.90. The van der Waals surface area contributed by atoms with Crippen molar-refractivity contribution in [2.45, 2.75) is 26.7 Å². The molecule has 2 rings (SSSR count). The highest BCUT2D eigenvalue weighted by Gasteiger charge is 2.11. The maximum absolute atomic E-state index is 4.65. The van der Waals surface area contributed by atoms with Gasteiger partial charge in [0.2, 0.25) is 5.65 Å². The molecule has 2 heterocycles. The maximum Gasteiger partial charge on any atom is 0.224 e. The summed E-state index contributed by atoms with van der Waals surface area (Å²) in [4.78, 5) is 4.21. The molecule has 4 heteroatoms. The minimum Gasteiger partial charge on any atom is -0.242 e. The number of aryl methyl sites for hydroxylation is 1. The van der Waals surface area contributed by atoms with Gasteiger partial charge in [0.25, 0.3) is 0 Å². The number of aromatic nitrogens is 3. The van der Waals surface area contributed by atoms with Crippen molar-refractivity contribution < 1.29 is 4.63 Å². The lowest BCUT2D eigenvalue weighted by Crippen LogP contribution is -1.93. The molecule has 0 aliphatic carbocycles. The zero-order valence-corrected chi connectivity index (χ0v) is 7.90. The van der Waals surface area contributed by atoms with E-state index in [9.17, 15) is 0 Å². The van der Waals surface area contributed by atoms with Crippen LogP contribution in [-0.2, 0) is 0 Å². The summed E-state index contributed by atoms with van der Waals surface area (Å²) in [5, 5.41) is 7.56. The van der Waals surface area contributed by atoms with Gasteiger partial charge in [0.05, 0.1) is 0 Å². The Morgan fingerprint density at radius 1 is 1.31 bits per heavy atom. The van der Waals surface area contributed by atoms with E-state index in [1.54, 1.807) is 0 Å². The van der Waals surface area contributed by atoms with Gasteiger partial charge in [-0.15, -0.1) is 0 Å². The van der Waals surface area contributed by atoms with Crippen LogP contribution in [0.4, 0.5) is 0 Å². The SMILES string of the molecule is Cc1cc(C(C)C)c2nonc2n1. The van der Waals surface area contributed by atoms with Crippen molar-refractivity contribution in [3.05, 3.63) is 17.3 Å². The van der Waals surface area contributed by atoms with E-state index in [0.29, 0.717) is 11.6 Å². The van der Waals surface area contributed by atoms with Gasteiger partial charge in [0, 0.05) is 5.69 Å². The summed E-state index contributed by atoms with van der Waals surface area (Å²) in [6, 6.07) is 2.02. The quantitative estimate of drug-likeness (QED) is 0.668. The summed E-state index contributed by atoms with van der Waals surface area (Å²) in [5.41, 5.74) is 3.47. The van der Waals surface area contributed by atoms with E-state index in [1.807, 2.05) is 13.0 Å². The Bertz CT molecular complexity index is 433. The highest BCUT2D eigenvalue weighted by molar-refractivity contribution is 5.73. The number of hydrogen-bond acceptors (Lipinski definition) is 4. The maximum atomic E-state index is 4.65. The summed E-state index contributed by atoms with van der Waals surface area (Å²) in [5.74, 6) is 0.413. The van der Waals surface area contributed by atoms with Crippen LogP contribution in [0.25, 0.3) is 11.2 Å². The van der Waals surface area contributed by atoms with Gasteiger partial charge >= 0.3 is 0 Å². The predicted molar refractivity (Wildman–Crippen MR) is 48.4 cm³/mol. The molecule has 2 aromatic heterocycles. The van der Waals surface area contributed by atoms with Crippen molar-refractivity contribution in [3.8, 4) is 0 Å². The molecular weight excluding hydrogens is 166 g/mol. The Labute approximate surface area is 75.9 Å². The summed E-state index contributed by atoms with van der Waals surface area (Å²) >= 11 is 0. The van der Waals surface area contributed by atoms with E-state index in [-0.39, 0.29) is 0 Å². The molecule has 2 aromatic rings. The van der Waals surface area contributed by atoms with E-state index in [0.717, 1.165) is 16.8 Å². The number of hydrogen-bond donors (Lipinski definition) is 0. The summed E-state index contributed by atoms with van der Waals surface area (Å²) in [7, 11) is 0. The molecule has 0 atom stereocenters. The molecule has 0 N–H and O–H groups in total. The highest BCUT2D eigenvalue weighted by Crippen LogP contribution is 2.22. The average Bonchev–Trinajstić information content (AvgIpc) is 2.49. The topological polar surface area (TPSA) is 51.8 Å². The van der Waals surface area contributed by atoms with Crippen molar-refractivity contribution in [1.82, 2.24) is 15.3 Å². The second-order valence-electron chi connectivity index (χ2n) is 3.44. The van der Waals surface area contributed by atoms with Crippen LogP contribution in [0.1, 0.15) is 31.0 Å². The van der Waals surface area contributed by atoms with Crippen LogP contribution >= 0.6 is 0 Å². The first-order chi connectivity index (χ1) is 6.18. The average molecular weight is 177 g/mol. The molecule has 0 aliphatic rings. The fraction of sp³-hybridized carbons (Fsp3) is 0.444. The van der Waals surface area contributed by atoms with Crippen LogP contribution in [0.5, 0.6) is 0 Å². The Balaban J connectivity index is 2.77. The molecule has 0 aliphatic heterocycles. The van der Waals surface area contributed by atoms with Gasteiger partial charge in [-0.1, -0.05) is 13.8 Å². The van der Waals surface area contributed by atoms with Crippen LogP contribution in [0, 0.1) is 6.92 Å². The lowest BCUT2D eigenvalue weighted by molar-refractivity contribution is 0.314. The molecule has 0 unspecified atom stereocenters. The van der Waals surface area contributed by atoms with Gasteiger partial charge in [-0.3, -0.25) is 0 Å². The second kappa shape index (κ2) is 2.80. The number of nitrogens with zero attached hydrogens (tertiary/aromatic N) is 3. The first-order valence-corrected chi connectivity index (χ1v) is 4.28. The fourth-order valence-corrected chi connectivity index (χ4v) is 1.37. The van der Waals surface area contributed by atoms with Crippen LogP contribution in [0.2, 0.25) is 0 Å². The van der Waals surface area contributed by atoms with Gasteiger partial charge in [-0.25, -0.2) is 9.61 Å². The molecule has 0 fully saturated rings. The summed E-state index contributed by atoms with van der Waals surface area (Å²) in [6.45, 7) is 6.17. The normalized spacial score (nSPS) is 11.4. The summed E-state index contributed by atoms with van der Waals surface area (Å²) in [6.07, 6.45) is 0. The molecule has 13 heavy (non-hydrogen) atoms. The summed E-state index contributed by atoms with van der Waals surface area (Å²) < 4.78 is 4.65. The monoisotopic (exact) mass is 177 g/mol. The highest BCUT2D eigenvalue weighted by atomic mass is 16.6. The second-order valence-corrected chi connectivity index (χ2v) is 3.44. The zero-order chi connectivity index (χ0) is 9.42. The van der Waals surface area contributed by atoms with Gasteiger partial charge in [-0.05, 0) is 34.8 Å². The Morgan fingerprint density at radius 3 is 2.77 bits per heavy atom. The van der Waals surface area contributed by atoms with Crippen LogP contribution in [0.15, 0.2) is 10.7 Å². The van der Waals surface area contributed by atoms with Crippen molar-refractivity contribution in [1.29, 1.82) is 0 Å². The van der Waals surface area contributed by atoms with E-state index >= 15 is 0 Å². The Morgan fingerprint density at radius 2 is 2.08 bits per heavy atom. The molecule has 0 bridgehead atoms. The predicted octanol–water partition coefficient (Wildman–Crippen LogP) is 2.05. The third-order valence-corrected chi connectivity index (χ3v) is 2.01. The number of fused-ring (bicyclic) bond motifs is 1. The lowest BCUT2D eigenvalue weighted by atomic mass is 10.0. The molecule has 0 saturated heterocycles. The smallest absolute Gasteiger partial charge is 0.224 e. The first-order valence-electron chi connectivity index (χ1n) is 4.28. The molecule has 0 saturated carbocycles. The largest absolute Gasteiger partial charge is 0.242 e. The van der Waals surface area contributed by atoms with Gasteiger partial charge in [0.15, 0.2) is 5.52 Å². The number of rotatable bonds is 1. The fourth-order valence-electron chi connectivity index (χ4n) is 1.37.